The molecule has 172 valence electrons. The number of aliphatic hydroxyl groups excluding tert-OH is 1. The molecular weight excluding hydrogens is 433 g/mol. The summed E-state index contributed by atoms with van der Waals surface area (Å²) < 4.78 is 18.6. The number of nitriles is 1. The first-order valence-electron chi connectivity index (χ1n) is 11.4. The number of aliphatic hydroxyl groups is 1. The molecule has 2 aromatic carbocycles. The van der Waals surface area contributed by atoms with Crippen LogP contribution >= 0.6 is 0 Å². The first-order valence-corrected chi connectivity index (χ1v) is 11.4. The van der Waals surface area contributed by atoms with E-state index >= 15 is 4.39 Å². The Morgan fingerprint density at radius 2 is 2.03 bits per heavy atom. The summed E-state index contributed by atoms with van der Waals surface area (Å²) in [6.07, 6.45) is 3.47. The molecule has 8 heteroatoms. The zero-order chi connectivity index (χ0) is 23.8. The van der Waals surface area contributed by atoms with E-state index in [0.29, 0.717) is 52.9 Å². The van der Waals surface area contributed by atoms with E-state index in [1.54, 1.807) is 39.4 Å². The highest BCUT2D eigenvalue weighted by Crippen LogP contribution is 2.33. The number of halogens is 1. The summed E-state index contributed by atoms with van der Waals surface area (Å²) in [7, 11) is 0. The molecule has 0 unspecified atom stereocenters. The number of rotatable bonds is 6. The van der Waals surface area contributed by atoms with Gasteiger partial charge in [-0.3, -0.25) is 9.36 Å². The van der Waals surface area contributed by atoms with E-state index in [4.69, 9.17) is 0 Å². The van der Waals surface area contributed by atoms with Gasteiger partial charge in [0.15, 0.2) is 0 Å². The van der Waals surface area contributed by atoms with Crippen LogP contribution < -0.4 is 5.56 Å². The van der Waals surface area contributed by atoms with Crippen molar-refractivity contribution in [1.82, 2.24) is 19.2 Å². The molecule has 0 atom stereocenters. The SMILES string of the molecule is CCCc1c(Cc2ccc(-c3ccccc3C#N)cc2F)c(=O)n(C2CC(O)C2)c2ncnn12. The third-order valence-electron chi connectivity index (χ3n) is 6.55. The first-order chi connectivity index (χ1) is 16.5. The van der Waals surface area contributed by atoms with E-state index in [1.165, 1.54) is 12.4 Å². The van der Waals surface area contributed by atoms with E-state index < -0.39 is 11.9 Å². The second kappa shape index (κ2) is 8.84. The second-order valence-electron chi connectivity index (χ2n) is 8.74. The molecule has 0 saturated heterocycles. The van der Waals surface area contributed by atoms with Crippen LogP contribution in [0.5, 0.6) is 0 Å². The monoisotopic (exact) mass is 457 g/mol. The Bertz CT molecular complexity index is 1480. The summed E-state index contributed by atoms with van der Waals surface area (Å²) in [6.45, 7) is 2.02. The second-order valence-corrected chi connectivity index (χ2v) is 8.74. The Kier molecular flexibility index (Phi) is 5.72. The lowest BCUT2D eigenvalue weighted by Gasteiger charge is -2.33. The van der Waals surface area contributed by atoms with Gasteiger partial charge in [-0.15, -0.1) is 0 Å². The van der Waals surface area contributed by atoms with E-state index in [2.05, 4.69) is 16.2 Å². The minimum absolute atomic E-state index is 0.116. The van der Waals surface area contributed by atoms with Crippen LogP contribution in [0, 0.1) is 17.1 Å². The number of aryl methyl sites for hydroxylation is 1. The summed E-state index contributed by atoms with van der Waals surface area (Å²) in [5.74, 6) is 0.0226. The van der Waals surface area contributed by atoms with Crippen molar-refractivity contribution in [2.24, 2.45) is 0 Å². The van der Waals surface area contributed by atoms with Crippen LogP contribution in [0.15, 0.2) is 53.6 Å². The highest BCUT2D eigenvalue weighted by Gasteiger charge is 2.33. The van der Waals surface area contributed by atoms with Crippen molar-refractivity contribution in [3.63, 3.8) is 0 Å². The largest absolute Gasteiger partial charge is 0.393 e. The maximum Gasteiger partial charge on any atom is 0.259 e. The van der Waals surface area contributed by atoms with Gasteiger partial charge in [0.2, 0.25) is 5.78 Å². The lowest BCUT2D eigenvalue weighted by Crippen LogP contribution is -2.40. The van der Waals surface area contributed by atoms with Crippen LogP contribution in [0.3, 0.4) is 0 Å². The minimum atomic E-state index is -0.434. The number of fused-ring (bicyclic) bond motifs is 1. The minimum Gasteiger partial charge on any atom is -0.393 e. The molecule has 0 aliphatic heterocycles. The van der Waals surface area contributed by atoms with Gasteiger partial charge in [0.25, 0.3) is 5.56 Å². The third-order valence-corrected chi connectivity index (χ3v) is 6.55. The number of hydrogen-bond acceptors (Lipinski definition) is 5. The van der Waals surface area contributed by atoms with Gasteiger partial charge in [-0.1, -0.05) is 43.7 Å². The van der Waals surface area contributed by atoms with E-state index in [0.717, 1.165) is 12.1 Å². The average Bonchev–Trinajstić information content (AvgIpc) is 3.30. The van der Waals surface area contributed by atoms with Crippen molar-refractivity contribution in [2.45, 2.75) is 51.2 Å². The summed E-state index contributed by atoms with van der Waals surface area (Å²) in [4.78, 5) is 18.0. The predicted molar refractivity (Wildman–Crippen MR) is 125 cm³/mol. The number of nitrogens with zero attached hydrogens (tertiary/aromatic N) is 5. The molecule has 1 saturated carbocycles. The number of benzene rings is 2. The molecule has 1 fully saturated rings. The van der Waals surface area contributed by atoms with Crippen LogP contribution in [-0.4, -0.2) is 30.4 Å². The quantitative estimate of drug-likeness (QED) is 0.475. The molecule has 0 amide bonds. The van der Waals surface area contributed by atoms with Crippen LogP contribution in [0.2, 0.25) is 0 Å². The molecule has 2 heterocycles. The molecular formula is C26H24FN5O2. The summed E-state index contributed by atoms with van der Waals surface area (Å²) >= 11 is 0. The first kappa shape index (κ1) is 22.0. The van der Waals surface area contributed by atoms with E-state index in [1.807, 2.05) is 13.0 Å². The fourth-order valence-electron chi connectivity index (χ4n) is 4.73. The molecule has 1 aliphatic rings. The molecule has 0 bridgehead atoms. The van der Waals surface area contributed by atoms with Gasteiger partial charge in [0.1, 0.15) is 12.1 Å². The molecule has 7 nitrogen and oxygen atoms in total. The normalized spacial score (nSPS) is 17.5. The number of aromatic nitrogens is 4. The number of hydrogen-bond donors (Lipinski definition) is 1. The lowest BCUT2D eigenvalue weighted by molar-refractivity contribution is 0.0481. The Balaban J connectivity index is 1.60. The standard InChI is InChI=1S/C26H24FN5O2/c1-2-5-24-22(25(34)31(19-12-20(33)13-19)26-29-15-30-32(24)26)10-17-9-8-16(11-23(17)27)21-7-4-3-6-18(21)14-28/h3-4,6-9,11,15,19-20,33H,2,5,10,12-13H2,1H3. The third kappa shape index (κ3) is 3.68. The van der Waals surface area contributed by atoms with Crippen molar-refractivity contribution >= 4 is 5.78 Å². The van der Waals surface area contributed by atoms with Crippen molar-refractivity contribution in [3.8, 4) is 17.2 Å². The van der Waals surface area contributed by atoms with Gasteiger partial charge in [-0.05, 0) is 48.1 Å². The van der Waals surface area contributed by atoms with Crippen LogP contribution in [0.1, 0.15) is 54.6 Å². The molecule has 2 aromatic heterocycles. The maximum absolute atomic E-state index is 15.3. The fraction of sp³-hybridized carbons (Fsp3) is 0.308. The van der Waals surface area contributed by atoms with Gasteiger partial charge in [0, 0.05) is 18.0 Å². The van der Waals surface area contributed by atoms with Crippen LogP contribution in [0.4, 0.5) is 4.39 Å². The molecule has 1 aliphatic carbocycles. The van der Waals surface area contributed by atoms with E-state index in [9.17, 15) is 15.2 Å². The van der Waals surface area contributed by atoms with Gasteiger partial charge in [-0.25, -0.2) is 8.91 Å². The zero-order valence-electron chi connectivity index (χ0n) is 18.8. The predicted octanol–water partition coefficient (Wildman–Crippen LogP) is 3.81. The summed E-state index contributed by atoms with van der Waals surface area (Å²) in [5, 5.41) is 23.5. The summed E-state index contributed by atoms with van der Waals surface area (Å²) in [6, 6.07) is 13.9. The maximum atomic E-state index is 15.3. The summed E-state index contributed by atoms with van der Waals surface area (Å²) in [5.41, 5.74) is 3.16. The lowest BCUT2D eigenvalue weighted by atomic mass is 9.89. The van der Waals surface area contributed by atoms with E-state index in [-0.39, 0.29) is 18.0 Å². The highest BCUT2D eigenvalue weighted by molar-refractivity contribution is 5.70. The zero-order valence-corrected chi connectivity index (χ0v) is 18.8. The topological polar surface area (TPSA) is 96.2 Å². The Morgan fingerprint density at radius 3 is 2.74 bits per heavy atom. The smallest absolute Gasteiger partial charge is 0.259 e. The molecule has 0 spiro atoms. The fourth-order valence-corrected chi connectivity index (χ4v) is 4.73. The molecule has 5 rings (SSSR count). The van der Waals surface area contributed by atoms with Crippen molar-refractivity contribution < 1.29 is 9.50 Å². The van der Waals surface area contributed by atoms with Crippen molar-refractivity contribution in [2.75, 3.05) is 0 Å². The average molecular weight is 458 g/mol. The molecule has 34 heavy (non-hydrogen) atoms. The van der Waals surface area contributed by atoms with Gasteiger partial charge >= 0.3 is 0 Å². The Hall–Kier alpha value is -3.83. The Morgan fingerprint density at radius 1 is 1.24 bits per heavy atom. The molecule has 4 aromatic rings. The molecule has 1 N–H and O–H groups in total. The highest BCUT2D eigenvalue weighted by atomic mass is 19.1. The van der Waals surface area contributed by atoms with Crippen molar-refractivity contribution in [3.05, 3.63) is 87.3 Å². The van der Waals surface area contributed by atoms with Crippen LogP contribution in [0.25, 0.3) is 16.9 Å². The Labute approximate surface area is 195 Å². The van der Waals surface area contributed by atoms with Gasteiger partial charge < -0.3 is 5.11 Å². The van der Waals surface area contributed by atoms with Crippen molar-refractivity contribution in [1.29, 1.82) is 5.26 Å². The van der Waals surface area contributed by atoms with Crippen LogP contribution in [-0.2, 0) is 12.8 Å². The van der Waals surface area contributed by atoms with Gasteiger partial charge in [0.05, 0.1) is 23.4 Å². The van der Waals surface area contributed by atoms with Gasteiger partial charge in [-0.2, -0.15) is 15.3 Å². The molecule has 0 radical (unpaired) electrons.